The number of hydrogen-bond acceptors (Lipinski definition) is 1. The van der Waals surface area contributed by atoms with Crippen LogP contribution in [-0.2, 0) is 0 Å². The van der Waals surface area contributed by atoms with Gasteiger partial charge in [0.25, 0.3) is 0 Å². The number of rotatable bonds is 11. The summed E-state index contributed by atoms with van der Waals surface area (Å²) in [5.41, 5.74) is 5.15. The molecule has 0 spiro atoms. The molecule has 0 radical (unpaired) electrons. The molecule has 1 nitrogen and oxygen atoms in total. The minimum absolute atomic E-state index is 0.987. The van der Waals surface area contributed by atoms with Gasteiger partial charge >= 0.3 is 0 Å². The zero-order valence-corrected chi connectivity index (χ0v) is 17.6. The fourth-order valence-electron chi connectivity index (χ4n) is 2.72. The Labute approximate surface area is 176 Å². The molecule has 0 saturated carbocycles. The molecule has 29 heavy (non-hydrogen) atoms. The van der Waals surface area contributed by atoms with Gasteiger partial charge in [-0.05, 0) is 55.4 Å². The summed E-state index contributed by atoms with van der Waals surface area (Å²) in [5.74, 6) is 0. The highest BCUT2D eigenvalue weighted by atomic mass is 15.1. The Morgan fingerprint density at radius 1 is 0.793 bits per heavy atom. The zero-order valence-electron chi connectivity index (χ0n) is 17.6. The largest absolute Gasteiger partial charge is 0.315 e. The molecule has 1 aromatic carbocycles. The Hall–Kier alpha value is -3.58. The van der Waals surface area contributed by atoms with E-state index in [4.69, 9.17) is 0 Å². The molecule has 0 heterocycles. The number of hydrogen-bond donors (Lipinski definition) is 0. The first kappa shape index (κ1) is 23.5. The van der Waals surface area contributed by atoms with Gasteiger partial charge in [-0.1, -0.05) is 99.2 Å². The van der Waals surface area contributed by atoms with E-state index in [1.807, 2.05) is 67.7 Å². The van der Waals surface area contributed by atoms with E-state index in [-0.39, 0.29) is 0 Å². The highest BCUT2D eigenvalue weighted by Gasteiger charge is 2.11. The van der Waals surface area contributed by atoms with E-state index in [1.165, 1.54) is 0 Å². The predicted molar refractivity (Wildman–Crippen MR) is 132 cm³/mol. The van der Waals surface area contributed by atoms with E-state index in [2.05, 4.69) is 68.5 Å². The highest BCUT2D eigenvalue weighted by Crippen LogP contribution is 2.25. The van der Waals surface area contributed by atoms with Gasteiger partial charge in [-0.2, -0.15) is 0 Å². The van der Waals surface area contributed by atoms with Gasteiger partial charge in [-0.15, -0.1) is 0 Å². The number of benzene rings is 1. The van der Waals surface area contributed by atoms with Gasteiger partial charge in [0.15, 0.2) is 0 Å². The zero-order chi connectivity index (χ0) is 21.5. The molecular formula is C28H31N. The van der Waals surface area contributed by atoms with E-state index >= 15 is 0 Å². The molecule has 0 atom stereocenters. The number of nitrogens with zero attached hydrogens (tertiary/aromatic N) is 1. The minimum atomic E-state index is 0.987. The first-order chi connectivity index (χ1) is 14.1. The molecule has 0 amide bonds. The van der Waals surface area contributed by atoms with Crippen molar-refractivity contribution < 1.29 is 0 Å². The second-order valence-corrected chi connectivity index (χ2v) is 6.08. The molecule has 0 N–H and O–H groups in total. The quantitative estimate of drug-likeness (QED) is 0.351. The first-order valence-electron chi connectivity index (χ1n) is 9.56. The average Bonchev–Trinajstić information content (AvgIpc) is 2.74. The normalized spacial score (nSPS) is 13.6. The van der Waals surface area contributed by atoms with Crippen LogP contribution in [0.5, 0.6) is 0 Å². The summed E-state index contributed by atoms with van der Waals surface area (Å²) in [5, 5.41) is 0. The summed E-state index contributed by atoms with van der Waals surface area (Å²) >= 11 is 0. The standard InChI is InChI=1S/C28H31N/c1-7-12-14-19-25(10-4)26(11-5)23-22-24(6)29(27(17-8-2)18-9-3)28-20-15-13-16-21-28/h7-23H,1-2,4-5H2,3,6H3/b14-12-,18-9-,24-22+,25-19+,26-23+,27-17+. The maximum atomic E-state index is 3.95. The fourth-order valence-corrected chi connectivity index (χ4v) is 2.72. The lowest BCUT2D eigenvalue weighted by Gasteiger charge is -2.26. The van der Waals surface area contributed by atoms with Crippen LogP contribution in [0.2, 0.25) is 0 Å². The van der Waals surface area contributed by atoms with Crippen LogP contribution >= 0.6 is 0 Å². The van der Waals surface area contributed by atoms with Crippen LogP contribution in [0.25, 0.3) is 0 Å². The van der Waals surface area contributed by atoms with Crippen molar-refractivity contribution in [2.45, 2.75) is 13.8 Å². The molecule has 1 heteroatoms. The van der Waals surface area contributed by atoms with E-state index in [0.29, 0.717) is 0 Å². The van der Waals surface area contributed by atoms with Gasteiger partial charge in [0.1, 0.15) is 0 Å². The smallest absolute Gasteiger partial charge is 0.0458 e. The molecule has 0 bridgehead atoms. The van der Waals surface area contributed by atoms with Crippen LogP contribution in [0.4, 0.5) is 5.69 Å². The van der Waals surface area contributed by atoms with Gasteiger partial charge in [-0.25, -0.2) is 0 Å². The molecule has 1 rings (SSSR count). The van der Waals surface area contributed by atoms with E-state index in [9.17, 15) is 0 Å². The van der Waals surface area contributed by atoms with Crippen molar-refractivity contribution in [2.24, 2.45) is 0 Å². The van der Waals surface area contributed by atoms with Crippen LogP contribution < -0.4 is 4.90 Å². The van der Waals surface area contributed by atoms with Gasteiger partial charge in [-0.3, -0.25) is 0 Å². The molecule has 0 aliphatic heterocycles. The summed E-state index contributed by atoms with van der Waals surface area (Å²) in [4.78, 5) is 2.19. The molecule has 0 unspecified atom stereocenters. The van der Waals surface area contributed by atoms with Crippen LogP contribution in [0.1, 0.15) is 13.8 Å². The van der Waals surface area contributed by atoms with E-state index in [0.717, 1.165) is 28.2 Å². The summed E-state index contributed by atoms with van der Waals surface area (Å²) in [6, 6.07) is 10.3. The Kier molecular flexibility index (Phi) is 11.0. The molecule has 0 fully saturated rings. The van der Waals surface area contributed by atoms with Crippen molar-refractivity contribution in [1.82, 2.24) is 0 Å². The number of para-hydroxylation sites is 1. The van der Waals surface area contributed by atoms with Crippen molar-refractivity contribution in [3.8, 4) is 0 Å². The third-order valence-corrected chi connectivity index (χ3v) is 4.05. The minimum Gasteiger partial charge on any atom is -0.315 e. The summed E-state index contributed by atoms with van der Waals surface area (Å²) in [7, 11) is 0. The Balaban J connectivity index is 3.47. The molecule has 0 saturated heterocycles. The predicted octanol–water partition coefficient (Wildman–Crippen LogP) is 8.01. The van der Waals surface area contributed by atoms with Crippen LogP contribution in [0.15, 0.2) is 152 Å². The highest BCUT2D eigenvalue weighted by molar-refractivity contribution is 5.61. The molecule has 0 aliphatic rings. The average molecular weight is 382 g/mol. The lowest BCUT2D eigenvalue weighted by molar-refractivity contribution is 1.10. The summed E-state index contributed by atoms with van der Waals surface area (Å²) < 4.78 is 0. The molecule has 0 aliphatic carbocycles. The van der Waals surface area contributed by atoms with E-state index in [1.54, 1.807) is 12.2 Å². The van der Waals surface area contributed by atoms with Crippen molar-refractivity contribution in [2.75, 3.05) is 4.90 Å². The van der Waals surface area contributed by atoms with Gasteiger partial charge in [0, 0.05) is 17.1 Å². The lowest BCUT2D eigenvalue weighted by atomic mass is 10.0. The molecular weight excluding hydrogens is 350 g/mol. The molecule has 148 valence electrons. The SMILES string of the molecule is C=C\C=C/C=C(C=C)/C(C=C)=C/C=C(\C)N(C(/C=C\C)=C/C=C)c1ccccc1. The second-order valence-electron chi connectivity index (χ2n) is 6.08. The lowest BCUT2D eigenvalue weighted by Crippen LogP contribution is -2.19. The third-order valence-electron chi connectivity index (χ3n) is 4.05. The first-order valence-corrected chi connectivity index (χ1v) is 9.56. The van der Waals surface area contributed by atoms with Crippen LogP contribution in [-0.4, -0.2) is 0 Å². The Bertz CT molecular complexity index is 884. The maximum absolute atomic E-state index is 3.95. The number of anilines is 1. The van der Waals surface area contributed by atoms with Crippen molar-refractivity contribution in [3.63, 3.8) is 0 Å². The third kappa shape index (κ3) is 7.51. The maximum Gasteiger partial charge on any atom is 0.0458 e. The van der Waals surface area contributed by atoms with Crippen LogP contribution in [0.3, 0.4) is 0 Å². The van der Waals surface area contributed by atoms with Gasteiger partial charge < -0.3 is 4.90 Å². The number of allylic oxidation sites excluding steroid dienone is 15. The Morgan fingerprint density at radius 2 is 1.45 bits per heavy atom. The van der Waals surface area contributed by atoms with Crippen LogP contribution in [0, 0.1) is 0 Å². The van der Waals surface area contributed by atoms with Gasteiger partial charge in [0.05, 0.1) is 0 Å². The Morgan fingerprint density at radius 3 is 2.00 bits per heavy atom. The van der Waals surface area contributed by atoms with Crippen molar-refractivity contribution in [3.05, 3.63) is 152 Å². The molecule has 1 aromatic rings. The topological polar surface area (TPSA) is 3.24 Å². The summed E-state index contributed by atoms with van der Waals surface area (Å²) in [6.45, 7) is 19.5. The van der Waals surface area contributed by atoms with Crippen molar-refractivity contribution in [1.29, 1.82) is 0 Å². The van der Waals surface area contributed by atoms with Crippen molar-refractivity contribution >= 4 is 5.69 Å². The van der Waals surface area contributed by atoms with E-state index < -0.39 is 0 Å². The van der Waals surface area contributed by atoms with Gasteiger partial charge in [0.2, 0.25) is 0 Å². The fraction of sp³-hybridized carbons (Fsp3) is 0.0714. The molecule has 0 aromatic heterocycles. The monoisotopic (exact) mass is 381 g/mol. The summed E-state index contributed by atoms with van der Waals surface area (Å²) in [6.07, 6.45) is 23.2. The second kappa shape index (κ2) is 13.6.